The molecule has 6 nitrogen and oxygen atoms in total. The second-order valence-electron chi connectivity index (χ2n) is 8.12. The molecule has 7 heteroatoms. The molecule has 0 spiro atoms. The van der Waals surface area contributed by atoms with Gasteiger partial charge in [0.1, 0.15) is 5.60 Å². The quantitative estimate of drug-likeness (QED) is 0.561. The molecule has 0 saturated carbocycles. The van der Waals surface area contributed by atoms with E-state index in [4.69, 9.17) is 9.47 Å². The van der Waals surface area contributed by atoms with E-state index in [0.29, 0.717) is 18.7 Å². The highest BCUT2D eigenvalue weighted by atomic mass is 79.9. The maximum atomic E-state index is 12.2. The Morgan fingerprint density at radius 1 is 1.10 bits per heavy atom. The number of anilines is 1. The molecule has 0 bridgehead atoms. The van der Waals surface area contributed by atoms with E-state index in [2.05, 4.69) is 21.2 Å². The van der Waals surface area contributed by atoms with Gasteiger partial charge in [0.25, 0.3) is 0 Å². The zero-order valence-electron chi connectivity index (χ0n) is 18.1. The van der Waals surface area contributed by atoms with Crippen molar-refractivity contribution in [2.24, 2.45) is 0 Å². The predicted molar refractivity (Wildman–Crippen MR) is 122 cm³/mol. The van der Waals surface area contributed by atoms with E-state index in [0.717, 1.165) is 21.2 Å². The van der Waals surface area contributed by atoms with Crippen LogP contribution in [-0.2, 0) is 22.4 Å². The van der Waals surface area contributed by atoms with Crippen LogP contribution in [0.3, 0.4) is 0 Å². The van der Waals surface area contributed by atoms with Crippen molar-refractivity contribution in [3.8, 4) is 0 Å². The van der Waals surface area contributed by atoms with Crippen LogP contribution in [0, 0.1) is 6.92 Å². The van der Waals surface area contributed by atoms with Gasteiger partial charge in [-0.1, -0.05) is 34.1 Å². The van der Waals surface area contributed by atoms with Crippen molar-refractivity contribution >= 4 is 33.8 Å². The van der Waals surface area contributed by atoms with Gasteiger partial charge < -0.3 is 14.4 Å². The first-order valence-electron chi connectivity index (χ1n) is 9.75. The molecule has 0 saturated heterocycles. The molecule has 0 heterocycles. The van der Waals surface area contributed by atoms with Gasteiger partial charge in [0.05, 0.1) is 6.61 Å². The molecule has 0 unspecified atom stereocenters. The van der Waals surface area contributed by atoms with Crippen LogP contribution in [0.1, 0.15) is 37.5 Å². The van der Waals surface area contributed by atoms with Gasteiger partial charge in [-0.05, 0) is 68.7 Å². The first-order chi connectivity index (χ1) is 14.0. The summed E-state index contributed by atoms with van der Waals surface area (Å²) in [5.74, 6) is 0. The SMILES string of the molecule is Cc1ccc(NC(=O)OCCc2ccc(Br)cc2)cc1CN(C)C(=O)OC(C)(C)C. The van der Waals surface area contributed by atoms with Gasteiger partial charge >= 0.3 is 12.2 Å². The Balaban J connectivity index is 1.89. The van der Waals surface area contributed by atoms with E-state index < -0.39 is 17.8 Å². The minimum Gasteiger partial charge on any atom is -0.449 e. The first kappa shape index (κ1) is 23.7. The molecule has 162 valence electrons. The lowest BCUT2D eigenvalue weighted by Gasteiger charge is -2.25. The van der Waals surface area contributed by atoms with Crippen LogP contribution >= 0.6 is 15.9 Å². The molecule has 0 aromatic heterocycles. The molecule has 0 aliphatic heterocycles. The van der Waals surface area contributed by atoms with Crippen molar-refractivity contribution < 1.29 is 19.1 Å². The second-order valence-corrected chi connectivity index (χ2v) is 9.03. The molecule has 0 atom stereocenters. The van der Waals surface area contributed by atoms with Gasteiger partial charge in [-0.2, -0.15) is 0 Å². The number of benzene rings is 2. The van der Waals surface area contributed by atoms with E-state index in [1.165, 1.54) is 4.90 Å². The number of carbonyl (C=O) groups excluding carboxylic acids is 2. The number of amides is 2. The van der Waals surface area contributed by atoms with Gasteiger partial charge in [-0.3, -0.25) is 5.32 Å². The molecular formula is C23H29BrN2O4. The standard InChI is InChI=1S/C23H29BrN2O4/c1-16-6-11-20(14-18(16)15-26(5)22(28)30-23(2,3)4)25-21(27)29-13-12-17-7-9-19(24)10-8-17/h6-11,14H,12-13,15H2,1-5H3,(H,25,27). The highest BCUT2D eigenvalue weighted by Gasteiger charge is 2.20. The normalized spacial score (nSPS) is 11.0. The monoisotopic (exact) mass is 476 g/mol. The number of ether oxygens (including phenoxy) is 2. The van der Waals surface area contributed by atoms with Crippen molar-refractivity contribution in [1.82, 2.24) is 4.90 Å². The highest BCUT2D eigenvalue weighted by molar-refractivity contribution is 9.10. The summed E-state index contributed by atoms with van der Waals surface area (Å²) in [4.78, 5) is 25.8. The largest absolute Gasteiger partial charge is 0.449 e. The summed E-state index contributed by atoms with van der Waals surface area (Å²) in [5.41, 5.74) is 3.08. The molecule has 30 heavy (non-hydrogen) atoms. The molecule has 2 aromatic rings. The molecule has 0 fully saturated rings. The lowest BCUT2D eigenvalue weighted by atomic mass is 10.1. The molecular weight excluding hydrogens is 448 g/mol. The lowest BCUT2D eigenvalue weighted by Crippen LogP contribution is -2.34. The fourth-order valence-electron chi connectivity index (χ4n) is 2.65. The minimum absolute atomic E-state index is 0.285. The van der Waals surface area contributed by atoms with Gasteiger partial charge in [0.15, 0.2) is 0 Å². The van der Waals surface area contributed by atoms with Crippen molar-refractivity contribution in [2.75, 3.05) is 19.0 Å². The third-order valence-corrected chi connectivity index (χ3v) is 4.77. The number of nitrogens with zero attached hydrogens (tertiary/aromatic N) is 1. The summed E-state index contributed by atoms with van der Waals surface area (Å²) in [6, 6.07) is 13.4. The minimum atomic E-state index is -0.552. The molecule has 2 amide bonds. The van der Waals surface area contributed by atoms with Gasteiger partial charge in [0.2, 0.25) is 0 Å². The second kappa shape index (κ2) is 10.5. The van der Waals surface area contributed by atoms with E-state index in [-0.39, 0.29) is 6.61 Å². The first-order valence-corrected chi connectivity index (χ1v) is 10.5. The number of hydrogen-bond acceptors (Lipinski definition) is 4. The Morgan fingerprint density at radius 2 is 1.77 bits per heavy atom. The molecule has 2 aromatic carbocycles. The maximum Gasteiger partial charge on any atom is 0.411 e. The molecule has 0 radical (unpaired) electrons. The van der Waals surface area contributed by atoms with E-state index in [9.17, 15) is 9.59 Å². The third-order valence-electron chi connectivity index (χ3n) is 4.25. The van der Waals surface area contributed by atoms with Gasteiger partial charge in [-0.15, -0.1) is 0 Å². The summed E-state index contributed by atoms with van der Waals surface area (Å²) in [5, 5.41) is 2.74. The average Bonchev–Trinajstić information content (AvgIpc) is 2.64. The number of nitrogens with one attached hydrogen (secondary N) is 1. The van der Waals surface area contributed by atoms with E-state index >= 15 is 0 Å². The van der Waals surface area contributed by atoms with E-state index in [1.807, 2.05) is 70.2 Å². The van der Waals surface area contributed by atoms with Crippen LogP contribution in [0.15, 0.2) is 46.9 Å². The summed E-state index contributed by atoms with van der Waals surface area (Å²) < 4.78 is 11.7. The van der Waals surface area contributed by atoms with Crippen LogP contribution in [0.4, 0.5) is 15.3 Å². The van der Waals surface area contributed by atoms with Crippen LogP contribution in [0.2, 0.25) is 0 Å². The Morgan fingerprint density at radius 3 is 2.40 bits per heavy atom. The number of aryl methyl sites for hydroxylation is 1. The maximum absolute atomic E-state index is 12.2. The number of halogens is 1. The third kappa shape index (κ3) is 8.06. The Bertz CT molecular complexity index is 876. The zero-order valence-corrected chi connectivity index (χ0v) is 19.7. The number of carbonyl (C=O) groups is 2. The average molecular weight is 477 g/mol. The van der Waals surface area contributed by atoms with Crippen molar-refractivity contribution in [2.45, 2.75) is 46.3 Å². The van der Waals surface area contributed by atoms with Gasteiger partial charge in [-0.25, -0.2) is 9.59 Å². The van der Waals surface area contributed by atoms with Crippen molar-refractivity contribution in [3.05, 3.63) is 63.6 Å². The highest BCUT2D eigenvalue weighted by Crippen LogP contribution is 2.19. The Hall–Kier alpha value is -2.54. The predicted octanol–water partition coefficient (Wildman–Crippen LogP) is 5.92. The van der Waals surface area contributed by atoms with Crippen LogP contribution in [0.5, 0.6) is 0 Å². The number of rotatable bonds is 6. The smallest absolute Gasteiger partial charge is 0.411 e. The van der Waals surface area contributed by atoms with Crippen LogP contribution in [0.25, 0.3) is 0 Å². The van der Waals surface area contributed by atoms with E-state index in [1.54, 1.807) is 7.05 Å². The van der Waals surface area contributed by atoms with Gasteiger partial charge in [0, 0.05) is 30.2 Å². The summed E-state index contributed by atoms with van der Waals surface area (Å²) in [7, 11) is 1.68. The Labute approximate surface area is 186 Å². The molecule has 2 rings (SSSR count). The topological polar surface area (TPSA) is 67.9 Å². The molecule has 0 aliphatic rings. The molecule has 1 N–H and O–H groups in total. The fraction of sp³-hybridized carbons (Fsp3) is 0.391. The van der Waals surface area contributed by atoms with Crippen molar-refractivity contribution in [1.29, 1.82) is 0 Å². The summed E-state index contributed by atoms with van der Waals surface area (Å²) >= 11 is 3.40. The zero-order chi connectivity index (χ0) is 22.3. The molecule has 0 aliphatic carbocycles. The number of hydrogen-bond donors (Lipinski definition) is 1. The Kier molecular flexibility index (Phi) is 8.29. The summed E-state index contributed by atoms with van der Waals surface area (Å²) in [6.45, 7) is 8.10. The lowest BCUT2D eigenvalue weighted by molar-refractivity contribution is 0.0285. The fourth-order valence-corrected chi connectivity index (χ4v) is 2.91. The summed E-state index contributed by atoms with van der Waals surface area (Å²) in [6.07, 6.45) is -0.268. The van der Waals surface area contributed by atoms with Crippen molar-refractivity contribution in [3.63, 3.8) is 0 Å². The van der Waals surface area contributed by atoms with Crippen LogP contribution in [-0.4, -0.2) is 36.3 Å². The van der Waals surface area contributed by atoms with Crippen LogP contribution < -0.4 is 5.32 Å².